The molecular formula is C15H25NO. The Morgan fingerprint density at radius 3 is 2.53 bits per heavy atom. The van der Waals surface area contributed by atoms with Crippen LogP contribution in [0.3, 0.4) is 0 Å². The molecule has 1 atom stereocenters. The minimum Gasteiger partial charge on any atom is -0.374 e. The Hall–Kier alpha value is -0.860. The molecule has 96 valence electrons. The summed E-state index contributed by atoms with van der Waals surface area (Å²) >= 11 is 0. The zero-order chi connectivity index (χ0) is 12.5. The number of ether oxygens (including phenoxy) is 1. The van der Waals surface area contributed by atoms with Gasteiger partial charge in [-0.15, -0.1) is 0 Å². The molecule has 0 aliphatic rings. The molecule has 0 aliphatic heterocycles. The fourth-order valence-electron chi connectivity index (χ4n) is 1.85. The zero-order valence-electron chi connectivity index (χ0n) is 11.3. The first-order valence-corrected chi connectivity index (χ1v) is 6.67. The molecule has 0 radical (unpaired) electrons. The number of rotatable bonds is 8. The highest BCUT2D eigenvalue weighted by Crippen LogP contribution is 2.12. The summed E-state index contributed by atoms with van der Waals surface area (Å²) in [5.41, 5.74) is 2.65. The van der Waals surface area contributed by atoms with Gasteiger partial charge in [-0.2, -0.15) is 0 Å². The predicted molar refractivity (Wildman–Crippen MR) is 73.0 cm³/mol. The van der Waals surface area contributed by atoms with Crippen LogP contribution in [0.2, 0.25) is 0 Å². The lowest BCUT2D eigenvalue weighted by atomic mass is 10.1. The maximum absolute atomic E-state index is 5.86. The van der Waals surface area contributed by atoms with Crippen LogP contribution < -0.4 is 5.32 Å². The molecule has 1 unspecified atom stereocenters. The van der Waals surface area contributed by atoms with Gasteiger partial charge in [-0.3, -0.25) is 0 Å². The second kappa shape index (κ2) is 8.26. The minimum absolute atomic E-state index is 0.354. The third kappa shape index (κ3) is 5.33. The first-order valence-electron chi connectivity index (χ1n) is 6.67. The molecule has 0 saturated heterocycles. The third-order valence-electron chi connectivity index (χ3n) is 2.90. The average Bonchev–Trinajstić information content (AvgIpc) is 2.35. The predicted octanol–water partition coefficient (Wildman–Crippen LogP) is 3.50. The maximum Gasteiger partial charge on any atom is 0.0723 e. The van der Waals surface area contributed by atoms with E-state index in [2.05, 4.69) is 50.4 Å². The Labute approximate surface area is 105 Å². The average molecular weight is 235 g/mol. The molecule has 0 amide bonds. The second-order valence-corrected chi connectivity index (χ2v) is 4.46. The SMILES string of the molecule is CCCC(C)OCc1ccccc1CNCC. The minimum atomic E-state index is 0.354. The molecule has 17 heavy (non-hydrogen) atoms. The summed E-state index contributed by atoms with van der Waals surface area (Å²) in [6.45, 7) is 9.13. The van der Waals surface area contributed by atoms with Gasteiger partial charge in [-0.1, -0.05) is 44.5 Å². The van der Waals surface area contributed by atoms with Crippen LogP contribution in [0.25, 0.3) is 0 Å². The molecule has 2 heteroatoms. The summed E-state index contributed by atoms with van der Waals surface area (Å²) in [5.74, 6) is 0. The monoisotopic (exact) mass is 235 g/mol. The van der Waals surface area contributed by atoms with Crippen molar-refractivity contribution < 1.29 is 4.74 Å². The number of hydrogen-bond acceptors (Lipinski definition) is 2. The highest BCUT2D eigenvalue weighted by molar-refractivity contribution is 5.26. The van der Waals surface area contributed by atoms with E-state index in [4.69, 9.17) is 4.74 Å². The van der Waals surface area contributed by atoms with E-state index in [0.717, 1.165) is 26.1 Å². The normalized spacial score (nSPS) is 12.6. The van der Waals surface area contributed by atoms with Crippen molar-refractivity contribution in [2.45, 2.75) is 52.9 Å². The van der Waals surface area contributed by atoms with Crippen molar-refractivity contribution in [2.75, 3.05) is 6.54 Å². The molecule has 0 aromatic heterocycles. The first-order chi connectivity index (χ1) is 8.27. The Balaban J connectivity index is 2.51. The van der Waals surface area contributed by atoms with E-state index in [0.29, 0.717) is 6.10 Å². The number of hydrogen-bond donors (Lipinski definition) is 1. The Morgan fingerprint density at radius 2 is 1.88 bits per heavy atom. The quantitative estimate of drug-likeness (QED) is 0.744. The standard InChI is InChI=1S/C15H25NO/c1-4-8-13(3)17-12-15-10-7-6-9-14(15)11-16-5-2/h6-7,9-10,13,16H,4-5,8,11-12H2,1-3H3. The molecule has 2 nitrogen and oxygen atoms in total. The molecule has 1 aromatic carbocycles. The topological polar surface area (TPSA) is 21.3 Å². The zero-order valence-corrected chi connectivity index (χ0v) is 11.3. The van der Waals surface area contributed by atoms with Gasteiger partial charge >= 0.3 is 0 Å². The van der Waals surface area contributed by atoms with Crippen LogP contribution in [0, 0.1) is 0 Å². The van der Waals surface area contributed by atoms with Crippen molar-refractivity contribution in [3.05, 3.63) is 35.4 Å². The fourth-order valence-corrected chi connectivity index (χ4v) is 1.85. The van der Waals surface area contributed by atoms with E-state index in [9.17, 15) is 0 Å². The smallest absolute Gasteiger partial charge is 0.0723 e. The molecule has 1 N–H and O–H groups in total. The lowest BCUT2D eigenvalue weighted by molar-refractivity contribution is 0.0467. The summed E-state index contributed by atoms with van der Waals surface area (Å²) < 4.78 is 5.86. The Bertz CT molecular complexity index is 312. The molecule has 0 aliphatic carbocycles. The molecule has 0 bridgehead atoms. The summed E-state index contributed by atoms with van der Waals surface area (Å²) in [5, 5.41) is 3.36. The van der Waals surface area contributed by atoms with Gasteiger partial charge in [0.1, 0.15) is 0 Å². The van der Waals surface area contributed by atoms with Gasteiger partial charge in [-0.05, 0) is 31.0 Å². The number of nitrogens with one attached hydrogen (secondary N) is 1. The van der Waals surface area contributed by atoms with Crippen LogP contribution in [0.5, 0.6) is 0 Å². The van der Waals surface area contributed by atoms with E-state index in [-0.39, 0.29) is 0 Å². The van der Waals surface area contributed by atoms with Crippen LogP contribution in [-0.4, -0.2) is 12.6 Å². The molecule has 0 heterocycles. The lowest BCUT2D eigenvalue weighted by Gasteiger charge is -2.14. The van der Waals surface area contributed by atoms with Crippen LogP contribution in [0.1, 0.15) is 44.7 Å². The second-order valence-electron chi connectivity index (χ2n) is 4.46. The third-order valence-corrected chi connectivity index (χ3v) is 2.90. The molecule has 1 aromatic rings. The summed E-state index contributed by atoms with van der Waals surface area (Å²) in [7, 11) is 0. The highest BCUT2D eigenvalue weighted by atomic mass is 16.5. The van der Waals surface area contributed by atoms with Gasteiger partial charge in [0.2, 0.25) is 0 Å². The van der Waals surface area contributed by atoms with Gasteiger partial charge in [0, 0.05) is 6.54 Å². The van der Waals surface area contributed by atoms with Crippen molar-refractivity contribution in [1.82, 2.24) is 5.32 Å². The summed E-state index contributed by atoms with van der Waals surface area (Å²) in [6.07, 6.45) is 2.67. The van der Waals surface area contributed by atoms with E-state index in [1.165, 1.54) is 17.5 Å². The Morgan fingerprint density at radius 1 is 1.18 bits per heavy atom. The van der Waals surface area contributed by atoms with Gasteiger partial charge < -0.3 is 10.1 Å². The van der Waals surface area contributed by atoms with E-state index >= 15 is 0 Å². The molecule has 0 spiro atoms. The van der Waals surface area contributed by atoms with Crippen LogP contribution in [0.4, 0.5) is 0 Å². The number of benzene rings is 1. The summed E-state index contributed by atoms with van der Waals surface area (Å²) in [6, 6.07) is 8.50. The summed E-state index contributed by atoms with van der Waals surface area (Å²) in [4.78, 5) is 0. The van der Waals surface area contributed by atoms with Gasteiger partial charge in [0.05, 0.1) is 12.7 Å². The Kier molecular flexibility index (Phi) is 6.90. The van der Waals surface area contributed by atoms with Crippen LogP contribution in [-0.2, 0) is 17.9 Å². The van der Waals surface area contributed by atoms with Gasteiger partial charge in [0.15, 0.2) is 0 Å². The van der Waals surface area contributed by atoms with Crippen molar-refractivity contribution >= 4 is 0 Å². The molecule has 0 fully saturated rings. The van der Waals surface area contributed by atoms with E-state index in [1.54, 1.807) is 0 Å². The maximum atomic E-state index is 5.86. The molecule has 1 rings (SSSR count). The van der Waals surface area contributed by atoms with Crippen molar-refractivity contribution in [3.8, 4) is 0 Å². The van der Waals surface area contributed by atoms with Crippen LogP contribution in [0.15, 0.2) is 24.3 Å². The van der Waals surface area contributed by atoms with Gasteiger partial charge in [-0.25, -0.2) is 0 Å². The first kappa shape index (κ1) is 14.2. The van der Waals surface area contributed by atoms with E-state index in [1.807, 2.05) is 0 Å². The largest absolute Gasteiger partial charge is 0.374 e. The van der Waals surface area contributed by atoms with Crippen LogP contribution >= 0.6 is 0 Å². The van der Waals surface area contributed by atoms with Crippen molar-refractivity contribution in [3.63, 3.8) is 0 Å². The molecular weight excluding hydrogens is 210 g/mol. The van der Waals surface area contributed by atoms with Crippen molar-refractivity contribution in [1.29, 1.82) is 0 Å². The fraction of sp³-hybridized carbons (Fsp3) is 0.600. The highest BCUT2D eigenvalue weighted by Gasteiger charge is 2.04. The lowest BCUT2D eigenvalue weighted by Crippen LogP contribution is -2.14. The molecule has 0 saturated carbocycles. The van der Waals surface area contributed by atoms with Crippen molar-refractivity contribution in [2.24, 2.45) is 0 Å². The van der Waals surface area contributed by atoms with E-state index < -0.39 is 0 Å². The van der Waals surface area contributed by atoms with Gasteiger partial charge in [0.25, 0.3) is 0 Å².